The molecule has 0 radical (unpaired) electrons. The fourth-order valence-corrected chi connectivity index (χ4v) is 3.95. The Morgan fingerprint density at radius 3 is 2.68 bits per heavy atom. The van der Waals surface area contributed by atoms with Gasteiger partial charge in [-0.2, -0.15) is 0 Å². The van der Waals surface area contributed by atoms with Crippen LogP contribution < -0.4 is 0 Å². The van der Waals surface area contributed by atoms with E-state index in [1.807, 2.05) is 0 Å². The van der Waals surface area contributed by atoms with Crippen molar-refractivity contribution < 1.29 is 5.11 Å². The largest absolute Gasteiger partial charge is 0.385 e. The maximum atomic E-state index is 11.2. The fourth-order valence-electron chi connectivity index (χ4n) is 3.95. The van der Waals surface area contributed by atoms with Crippen molar-refractivity contribution in [1.29, 1.82) is 0 Å². The molecule has 0 aliphatic heterocycles. The van der Waals surface area contributed by atoms with Crippen molar-refractivity contribution in [3.8, 4) is 0 Å². The lowest BCUT2D eigenvalue weighted by atomic mass is 9.69. The van der Waals surface area contributed by atoms with Crippen LogP contribution in [0.25, 0.3) is 0 Å². The van der Waals surface area contributed by atoms with Gasteiger partial charge in [0.25, 0.3) is 0 Å². The van der Waals surface area contributed by atoms with E-state index in [9.17, 15) is 5.11 Å². The molecule has 104 valence electrons. The van der Waals surface area contributed by atoms with E-state index >= 15 is 0 Å². The molecule has 2 unspecified atom stereocenters. The minimum absolute atomic E-state index is 0.442. The molecule has 0 aromatic heterocycles. The summed E-state index contributed by atoms with van der Waals surface area (Å²) < 4.78 is 0. The smallest absolute Gasteiger partial charge is 0.0924 e. The highest BCUT2D eigenvalue weighted by Gasteiger charge is 2.39. The molecule has 0 spiro atoms. The Labute approximate surface area is 117 Å². The SMILES string of the molecule is CCC1CCCCC1(O)c1cccc(C2CCC2)c1. The Kier molecular flexibility index (Phi) is 3.66. The van der Waals surface area contributed by atoms with Gasteiger partial charge < -0.3 is 5.11 Å². The van der Waals surface area contributed by atoms with E-state index in [1.165, 1.54) is 49.7 Å². The van der Waals surface area contributed by atoms with Crippen LogP contribution in [0.5, 0.6) is 0 Å². The summed E-state index contributed by atoms with van der Waals surface area (Å²) in [6.45, 7) is 2.22. The molecule has 2 atom stereocenters. The van der Waals surface area contributed by atoms with Crippen molar-refractivity contribution in [3.05, 3.63) is 35.4 Å². The van der Waals surface area contributed by atoms with Gasteiger partial charge in [0.15, 0.2) is 0 Å². The van der Waals surface area contributed by atoms with E-state index in [4.69, 9.17) is 0 Å². The molecule has 2 aliphatic rings. The first kappa shape index (κ1) is 13.2. The predicted octanol–water partition coefficient (Wildman–Crippen LogP) is 4.74. The molecule has 0 bridgehead atoms. The number of rotatable bonds is 3. The summed E-state index contributed by atoms with van der Waals surface area (Å²) in [5, 5.41) is 11.2. The third-order valence-corrected chi connectivity index (χ3v) is 5.49. The molecule has 1 aromatic rings. The average molecular weight is 258 g/mol. The highest BCUT2D eigenvalue weighted by atomic mass is 16.3. The Hall–Kier alpha value is -0.820. The Balaban J connectivity index is 1.90. The molecule has 1 N–H and O–H groups in total. The van der Waals surface area contributed by atoms with E-state index in [1.54, 1.807) is 0 Å². The van der Waals surface area contributed by atoms with Gasteiger partial charge in [0, 0.05) is 0 Å². The topological polar surface area (TPSA) is 20.2 Å². The van der Waals surface area contributed by atoms with Crippen molar-refractivity contribution in [2.75, 3.05) is 0 Å². The molecule has 2 fully saturated rings. The maximum Gasteiger partial charge on any atom is 0.0924 e. The van der Waals surface area contributed by atoms with Crippen molar-refractivity contribution in [2.24, 2.45) is 5.92 Å². The molecular formula is C18H26O. The van der Waals surface area contributed by atoms with Crippen LogP contribution in [0.1, 0.15) is 75.3 Å². The molecule has 0 heterocycles. The van der Waals surface area contributed by atoms with Crippen molar-refractivity contribution in [1.82, 2.24) is 0 Å². The molecule has 1 heteroatoms. The molecule has 2 aliphatic carbocycles. The van der Waals surface area contributed by atoms with Crippen LogP contribution in [0, 0.1) is 5.92 Å². The lowest BCUT2D eigenvalue weighted by Crippen LogP contribution is -2.37. The van der Waals surface area contributed by atoms with Crippen molar-refractivity contribution in [2.45, 2.75) is 69.8 Å². The van der Waals surface area contributed by atoms with Crippen LogP contribution in [-0.4, -0.2) is 5.11 Å². The quantitative estimate of drug-likeness (QED) is 0.830. The predicted molar refractivity (Wildman–Crippen MR) is 79.2 cm³/mol. The summed E-state index contributed by atoms with van der Waals surface area (Å²) in [5.74, 6) is 1.20. The van der Waals surface area contributed by atoms with E-state index in [2.05, 4.69) is 31.2 Å². The van der Waals surface area contributed by atoms with Crippen LogP contribution in [0.4, 0.5) is 0 Å². The summed E-state index contributed by atoms with van der Waals surface area (Å²) in [4.78, 5) is 0. The molecule has 19 heavy (non-hydrogen) atoms. The van der Waals surface area contributed by atoms with Crippen molar-refractivity contribution >= 4 is 0 Å². The standard InChI is InChI=1S/C18H26O/c1-2-16-10-3-4-12-18(16,19)17-11-6-9-15(13-17)14-7-5-8-14/h6,9,11,13-14,16,19H,2-5,7-8,10,12H2,1H3. The van der Waals surface area contributed by atoms with Gasteiger partial charge in [0.05, 0.1) is 5.60 Å². The molecule has 3 rings (SSSR count). The first-order valence-electron chi connectivity index (χ1n) is 8.07. The van der Waals surface area contributed by atoms with Crippen molar-refractivity contribution in [3.63, 3.8) is 0 Å². The van der Waals surface area contributed by atoms with Gasteiger partial charge in [-0.1, -0.05) is 56.9 Å². The zero-order valence-electron chi connectivity index (χ0n) is 12.1. The number of hydrogen-bond acceptors (Lipinski definition) is 1. The van der Waals surface area contributed by atoms with E-state index in [0.717, 1.165) is 18.8 Å². The lowest BCUT2D eigenvalue weighted by Gasteiger charge is -2.40. The van der Waals surface area contributed by atoms with Crippen LogP contribution >= 0.6 is 0 Å². The molecule has 1 aromatic carbocycles. The van der Waals surface area contributed by atoms with Gasteiger partial charge in [0.1, 0.15) is 0 Å². The highest BCUT2D eigenvalue weighted by Crippen LogP contribution is 2.45. The van der Waals surface area contributed by atoms with Gasteiger partial charge in [-0.05, 0) is 48.6 Å². The summed E-state index contributed by atoms with van der Waals surface area (Å²) in [7, 11) is 0. The normalized spacial score (nSPS) is 32.0. The molecule has 2 saturated carbocycles. The number of aliphatic hydroxyl groups is 1. The summed E-state index contributed by atoms with van der Waals surface area (Å²) in [6, 6.07) is 8.86. The van der Waals surface area contributed by atoms with Gasteiger partial charge in [-0.15, -0.1) is 0 Å². The van der Waals surface area contributed by atoms with Gasteiger partial charge in [-0.3, -0.25) is 0 Å². The Morgan fingerprint density at radius 1 is 1.16 bits per heavy atom. The average Bonchev–Trinajstić information content (AvgIpc) is 2.38. The number of benzene rings is 1. The van der Waals surface area contributed by atoms with E-state index < -0.39 is 5.60 Å². The first-order valence-corrected chi connectivity index (χ1v) is 8.07. The molecule has 1 nitrogen and oxygen atoms in total. The first-order chi connectivity index (χ1) is 9.24. The second kappa shape index (κ2) is 5.28. The monoisotopic (exact) mass is 258 g/mol. The molecule has 0 saturated heterocycles. The summed E-state index contributed by atoms with van der Waals surface area (Å²) >= 11 is 0. The van der Waals surface area contributed by atoms with E-state index in [0.29, 0.717) is 5.92 Å². The molecular weight excluding hydrogens is 232 g/mol. The second-order valence-electron chi connectivity index (χ2n) is 6.53. The fraction of sp³-hybridized carbons (Fsp3) is 0.667. The third-order valence-electron chi connectivity index (χ3n) is 5.49. The van der Waals surface area contributed by atoms with Crippen LogP contribution in [-0.2, 0) is 5.60 Å². The summed E-state index contributed by atoms with van der Waals surface area (Å²) in [6.07, 6.45) is 9.70. The van der Waals surface area contributed by atoms with Gasteiger partial charge >= 0.3 is 0 Å². The minimum atomic E-state index is -0.563. The Bertz CT molecular complexity index is 435. The van der Waals surface area contributed by atoms with Gasteiger partial charge in [-0.25, -0.2) is 0 Å². The maximum absolute atomic E-state index is 11.2. The zero-order valence-corrected chi connectivity index (χ0v) is 12.1. The minimum Gasteiger partial charge on any atom is -0.385 e. The van der Waals surface area contributed by atoms with E-state index in [-0.39, 0.29) is 0 Å². The second-order valence-corrected chi connectivity index (χ2v) is 6.53. The van der Waals surface area contributed by atoms with Crippen LogP contribution in [0.2, 0.25) is 0 Å². The summed E-state index contributed by atoms with van der Waals surface area (Å²) in [5.41, 5.74) is 2.08. The third kappa shape index (κ3) is 2.33. The zero-order chi connectivity index (χ0) is 13.3. The van der Waals surface area contributed by atoms with Gasteiger partial charge in [0.2, 0.25) is 0 Å². The Morgan fingerprint density at radius 2 is 2.00 bits per heavy atom. The highest BCUT2D eigenvalue weighted by molar-refractivity contribution is 5.32. The van der Waals surface area contributed by atoms with Crippen LogP contribution in [0.3, 0.4) is 0 Å². The van der Waals surface area contributed by atoms with Crippen LogP contribution in [0.15, 0.2) is 24.3 Å². The lowest BCUT2D eigenvalue weighted by molar-refractivity contribution is -0.0558. The number of hydrogen-bond donors (Lipinski definition) is 1. The molecule has 0 amide bonds.